The fourth-order valence-corrected chi connectivity index (χ4v) is 5.68. The minimum atomic E-state index is -3.80. The van der Waals surface area contributed by atoms with Gasteiger partial charge in [-0.3, -0.25) is 9.59 Å². The number of hydrogen-bond acceptors (Lipinski definition) is 4. The first-order valence-corrected chi connectivity index (χ1v) is 12.6. The van der Waals surface area contributed by atoms with E-state index in [0.29, 0.717) is 30.9 Å². The van der Waals surface area contributed by atoms with Crippen LogP contribution in [0.15, 0.2) is 41.3 Å². The second kappa shape index (κ2) is 10.7. The molecule has 0 saturated carbocycles. The highest BCUT2D eigenvalue weighted by molar-refractivity contribution is 7.89. The van der Waals surface area contributed by atoms with Gasteiger partial charge in [0.05, 0.1) is 15.6 Å². The summed E-state index contributed by atoms with van der Waals surface area (Å²) in [5, 5.41) is 5.69. The van der Waals surface area contributed by atoms with Crippen LogP contribution in [0, 0.1) is 0 Å². The summed E-state index contributed by atoms with van der Waals surface area (Å²) in [6.07, 6.45) is 3.38. The Morgan fingerprint density at radius 3 is 2.34 bits per heavy atom. The van der Waals surface area contributed by atoms with Gasteiger partial charge in [-0.1, -0.05) is 36.5 Å². The van der Waals surface area contributed by atoms with Crippen molar-refractivity contribution in [3.63, 3.8) is 0 Å². The smallest absolute Gasteiger partial charge is 0.255 e. The number of carbonyl (C=O) groups excluding carboxylic acids is 2. The van der Waals surface area contributed by atoms with Crippen LogP contribution in [0.4, 0.5) is 5.69 Å². The van der Waals surface area contributed by atoms with Crippen molar-refractivity contribution in [1.29, 1.82) is 0 Å². The zero-order chi connectivity index (χ0) is 23.3. The number of anilines is 1. The number of piperidine rings is 1. The number of nitrogens with one attached hydrogen (secondary N) is 2. The molecule has 7 nitrogen and oxygen atoms in total. The number of sulfonamides is 1. The second-order valence-electron chi connectivity index (χ2n) is 7.51. The van der Waals surface area contributed by atoms with Crippen molar-refractivity contribution in [1.82, 2.24) is 9.62 Å². The third-order valence-electron chi connectivity index (χ3n) is 5.13. The fraction of sp³-hybridized carbons (Fsp3) is 0.364. The maximum atomic E-state index is 13.0. The fourth-order valence-electron chi connectivity index (χ4n) is 3.40. The van der Waals surface area contributed by atoms with Gasteiger partial charge in [-0.15, -0.1) is 0 Å². The molecule has 1 aliphatic rings. The van der Waals surface area contributed by atoms with E-state index < -0.39 is 15.9 Å². The predicted octanol–water partition coefficient (Wildman–Crippen LogP) is 4.56. The van der Waals surface area contributed by atoms with Gasteiger partial charge in [0.25, 0.3) is 11.8 Å². The molecule has 0 bridgehead atoms. The Labute approximate surface area is 198 Å². The lowest BCUT2D eigenvalue weighted by Crippen LogP contribution is -2.35. The first-order valence-electron chi connectivity index (χ1n) is 10.4. The molecule has 0 unspecified atom stereocenters. The largest absolute Gasteiger partial charge is 0.352 e. The Morgan fingerprint density at radius 1 is 0.969 bits per heavy atom. The molecule has 3 rings (SSSR count). The van der Waals surface area contributed by atoms with Gasteiger partial charge in [0.15, 0.2) is 0 Å². The van der Waals surface area contributed by atoms with Gasteiger partial charge in [0, 0.05) is 30.9 Å². The molecular weight excluding hydrogens is 473 g/mol. The predicted molar refractivity (Wildman–Crippen MR) is 126 cm³/mol. The number of rotatable bonds is 7. The molecule has 1 saturated heterocycles. The molecule has 2 amide bonds. The van der Waals surface area contributed by atoms with E-state index >= 15 is 0 Å². The molecule has 2 N–H and O–H groups in total. The van der Waals surface area contributed by atoms with Crippen molar-refractivity contribution < 1.29 is 18.0 Å². The summed E-state index contributed by atoms with van der Waals surface area (Å²) in [7, 11) is -3.80. The molecule has 10 heteroatoms. The highest BCUT2D eigenvalue weighted by Crippen LogP contribution is 2.28. The van der Waals surface area contributed by atoms with Crippen LogP contribution in [0.25, 0.3) is 0 Å². The van der Waals surface area contributed by atoms with E-state index in [-0.39, 0.29) is 26.4 Å². The molecule has 2 aromatic carbocycles. The molecule has 32 heavy (non-hydrogen) atoms. The first kappa shape index (κ1) is 24.5. The maximum Gasteiger partial charge on any atom is 0.255 e. The molecule has 1 fully saturated rings. The van der Waals surface area contributed by atoms with E-state index in [1.165, 1.54) is 34.6 Å². The van der Waals surface area contributed by atoms with Crippen LogP contribution in [0.3, 0.4) is 0 Å². The second-order valence-corrected chi connectivity index (χ2v) is 10.2. The quantitative estimate of drug-likeness (QED) is 0.585. The van der Waals surface area contributed by atoms with Crippen LogP contribution in [-0.4, -0.2) is 44.2 Å². The molecule has 172 valence electrons. The Hall–Kier alpha value is -2.13. The van der Waals surface area contributed by atoms with E-state index in [0.717, 1.165) is 25.7 Å². The number of hydrogen-bond donors (Lipinski definition) is 2. The molecule has 0 aliphatic carbocycles. The van der Waals surface area contributed by atoms with E-state index in [4.69, 9.17) is 23.2 Å². The highest BCUT2D eigenvalue weighted by Gasteiger charge is 2.28. The number of carbonyl (C=O) groups is 2. The summed E-state index contributed by atoms with van der Waals surface area (Å²) >= 11 is 12.4. The molecule has 0 spiro atoms. The van der Waals surface area contributed by atoms with Crippen molar-refractivity contribution in [2.75, 3.05) is 25.0 Å². The summed E-state index contributed by atoms with van der Waals surface area (Å²) in [5.74, 6) is -0.809. The number of nitrogens with zero attached hydrogens (tertiary/aromatic N) is 1. The molecule has 0 atom stereocenters. The van der Waals surface area contributed by atoms with Crippen LogP contribution in [0.1, 0.15) is 53.3 Å². The van der Waals surface area contributed by atoms with Crippen LogP contribution < -0.4 is 10.6 Å². The number of amides is 2. The van der Waals surface area contributed by atoms with Crippen LogP contribution in [-0.2, 0) is 10.0 Å². The van der Waals surface area contributed by atoms with Crippen molar-refractivity contribution >= 4 is 50.7 Å². The lowest BCUT2D eigenvalue weighted by Gasteiger charge is -2.26. The Balaban J connectivity index is 1.79. The average molecular weight is 498 g/mol. The summed E-state index contributed by atoms with van der Waals surface area (Å²) in [5.41, 5.74) is 0.827. The van der Waals surface area contributed by atoms with Gasteiger partial charge in [0.2, 0.25) is 10.0 Å². The minimum Gasteiger partial charge on any atom is -0.352 e. The Bertz CT molecular complexity index is 1120. The molecule has 1 aliphatic heterocycles. The first-order chi connectivity index (χ1) is 15.2. The zero-order valence-electron chi connectivity index (χ0n) is 17.7. The summed E-state index contributed by atoms with van der Waals surface area (Å²) in [6.45, 7) is 3.35. The normalized spacial score (nSPS) is 14.7. The van der Waals surface area contributed by atoms with Crippen molar-refractivity contribution in [3.05, 3.63) is 57.6 Å². The number of halogens is 2. The van der Waals surface area contributed by atoms with Crippen molar-refractivity contribution in [2.45, 2.75) is 37.5 Å². The highest BCUT2D eigenvalue weighted by atomic mass is 35.5. The topological polar surface area (TPSA) is 95.6 Å². The SMILES string of the molecule is CCCNC(=O)c1ccc(NC(=O)c2ccc(Cl)c(S(=O)(=O)N3CCCCC3)c2)cc1Cl. The van der Waals surface area contributed by atoms with Gasteiger partial charge in [0.1, 0.15) is 4.90 Å². The number of benzene rings is 2. The standard InChI is InChI=1S/C22H25Cl2N3O4S/c1-2-10-25-22(29)17-8-7-16(14-19(17)24)26-21(28)15-6-9-18(23)20(13-15)32(30,31)27-11-4-3-5-12-27/h6-9,13-14H,2-5,10-12H2,1H3,(H,25,29)(H,26,28). The van der Waals surface area contributed by atoms with E-state index in [2.05, 4.69) is 10.6 Å². The van der Waals surface area contributed by atoms with Crippen LogP contribution >= 0.6 is 23.2 Å². The minimum absolute atomic E-state index is 0.0672. The van der Waals surface area contributed by atoms with E-state index in [9.17, 15) is 18.0 Å². The van der Waals surface area contributed by atoms with E-state index in [1.807, 2.05) is 6.92 Å². The monoisotopic (exact) mass is 497 g/mol. The molecule has 2 aromatic rings. The summed E-state index contributed by atoms with van der Waals surface area (Å²) < 4.78 is 27.4. The summed E-state index contributed by atoms with van der Waals surface area (Å²) in [4.78, 5) is 24.8. The van der Waals surface area contributed by atoms with Crippen molar-refractivity contribution in [3.8, 4) is 0 Å². The lowest BCUT2D eigenvalue weighted by molar-refractivity contribution is 0.0953. The van der Waals surface area contributed by atoms with Gasteiger partial charge >= 0.3 is 0 Å². The zero-order valence-corrected chi connectivity index (χ0v) is 20.0. The van der Waals surface area contributed by atoms with Gasteiger partial charge in [-0.25, -0.2) is 8.42 Å². The van der Waals surface area contributed by atoms with Gasteiger partial charge in [-0.05, 0) is 55.7 Å². The van der Waals surface area contributed by atoms with Gasteiger partial charge in [-0.2, -0.15) is 4.31 Å². The Kier molecular flexibility index (Phi) is 8.16. The van der Waals surface area contributed by atoms with Gasteiger partial charge < -0.3 is 10.6 Å². The third kappa shape index (κ3) is 5.61. The Morgan fingerprint density at radius 2 is 1.69 bits per heavy atom. The van der Waals surface area contributed by atoms with Crippen LogP contribution in [0.5, 0.6) is 0 Å². The lowest BCUT2D eigenvalue weighted by atomic mass is 10.1. The summed E-state index contributed by atoms with van der Waals surface area (Å²) in [6, 6.07) is 8.71. The average Bonchev–Trinajstić information content (AvgIpc) is 2.78. The van der Waals surface area contributed by atoms with Crippen molar-refractivity contribution in [2.24, 2.45) is 0 Å². The van der Waals surface area contributed by atoms with E-state index in [1.54, 1.807) is 6.07 Å². The molecule has 0 aromatic heterocycles. The molecule has 0 radical (unpaired) electrons. The maximum absolute atomic E-state index is 13.0. The molecule has 1 heterocycles. The van der Waals surface area contributed by atoms with Crippen LogP contribution in [0.2, 0.25) is 10.0 Å². The molecular formula is C22H25Cl2N3O4S. The third-order valence-corrected chi connectivity index (χ3v) is 7.83.